The van der Waals surface area contributed by atoms with Gasteiger partial charge in [-0.15, -0.1) is 5.10 Å². The van der Waals surface area contributed by atoms with Crippen molar-refractivity contribution in [3.8, 4) is 17.0 Å². The molecule has 7 nitrogen and oxygen atoms in total. The molecule has 0 unspecified atom stereocenters. The number of nitrogens with one attached hydrogen (secondary N) is 1. The van der Waals surface area contributed by atoms with Gasteiger partial charge in [-0.25, -0.2) is 4.68 Å². The Balaban J connectivity index is 1.44. The number of aromatic nitrogens is 4. The van der Waals surface area contributed by atoms with Crippen molar-refractivity contribution in [1.82, 2.24) is 20.2 Å². The van der Waals surface area contributed by atoms with E-state index in [4.69, 9.17) is 4.52 Å². The minimum atomic E-state index is -0.299. The van der Waals surface area contributed by atoms with Crippen molar-refractivity contribution in [3.63, 3.8) is 0 Å². The third-order valence-corrected chi connectivity index (χ3v) is 5.69. The average molecular weight is 438 g/mol. The molecule has 1 N–H and O–H groups in total. The molecule has 7 heteroatoms. The minimum Gasteiger partial charge on any atom is -0.355 e. The lowest BCUT2D eigenvalue weighted by atomic mass is 10.0. The van der Waals surface area contributed by atoms with Crippen LogP contribution in [0.25, 0.3) is 27.9 Å². The molecular formula is C26H23N5O2. The second-order valence-corrected chi connectivity index (χ2v) is 8.25. The van der Waals surface area contributed by atoms with Crippen LogP contribution in [0.15, 0.2) is 77.3 Å². The molecule has 0 aliphatic heterocycles. The van der Waals surface area contributed by atoms with Crippen LogP contribution in [-0.2, 0) is 0 Å². The lowest BCUT2D eigenvalue weighted by molar-refractivity contribution is 0.102. The first kappa shape index (κ1) is 20.6. The molecular weight excluding hydrogens is 414 g/mol. The topological polar surface area (TPSA) is 85.8 Å². The Kier molecular flexibility index (Phi) is 5.22. The quantitative estimate of drug-likeness (QED) is 0.378. The van der Waals surface area contributed by atoms with E-state index in [-0.39, 0.29) is 11.6 Å². The highest BCUT2D eigenvalue weighted by molar-refractivity contribution is 6.03. The first-order valence-electron chi connectivity index (χ1n) is 10.8. The largest absolute Gasteiger partial charge is 0.355 e. The summed E-state index contributed by atoms with van der Waals surface area (Å²) in [7, 11) is 0. The van der Waals surface area contributed by atoms with E-state index in [1.54, 1.807) is 4.68 Å². The third kappa shape index (κ3) is 3.89. The van der Waals surface area contributed by atoms with Crippen LogP contribution < -0.4 is 5.32 Å². The van der Waals surface area contributed by atoms with E-state index >= 15 is 0 Å². The molecule has 0 radical (unpaired) electrons. The number of amides is 1. The van der Waals surface area contributed by atoms with Gasteiger partial charge >= 0.3 is 0 Å². The van der Waals surface area contributed by atoms with Crippen molar-refractivity contribution in [2.75, 3.05) is 5.32 Å². The zero-order valence-corrected chi connectivity index (χ0v) is 18.6. The van der Waals surface area contributed by atoms with Gasteiger partial charge < -0.3 is 9.84 Å². The number of hydrogen-bond donors (Lipinski definition) is 1. The average Bonchev–Trinajstić information content (AvgIpc) is 3.43. The monoisotopic (exact) mass is 437 g/mol. The van der Waals surface area contributed by atoms with Crippen molar-refractivity contribution in [1.29, 1.82) is 0 Å². The van der Waals surface area contributed by atoms with E-state index in [0.717, 1.165) is 27.8 Å². The molecule has 0 aliphatic carbocycles. The molecule has 5 aromatic rings. The zero-order chi connectivity index (χ0) is 22.9. The van der Waals surface area contributed by atoms with Crippen LogP contribution in [0, 0.1) is 6.92 Å². The van der Waals surface area contributed by atoms with Crippen LogP contribution in [0.1, 0.15) is 41.5 Å². The molecule has 3 aromatic carbocycles. The van der Waals surface area contributed by atoms with Gasteiger partial charge in [0, 0.05) is 11.3 Å². The van der Waals surface area contributed by atoms with Gasteiger partial charge in [0.05, 0.1) is 16.8 Å². The maximum absolute atomic E-state index is 12.9. The predicted octanol–water partition coefficient (Wildman–Crippen LogP) is 5.76. The molecule has 164 valence electrons. The van der Waals surface area contributed by atoms with E-state index in [9.17, 15) is 4.79 Å². The summed E-state index contributed by atoms with van der Waals surface area (Å²) in [4.78, 5) is 12.9. The first-order chi connectivity index (χ1) is 16.0. The molecule has 0 spiro atoms. The van der Waals surface area contributed by atoms with Crippen molar-refractivity contribution >= 4 is 22.5 Å². The summed E-state index contributed by atoms with van der Waals surface area (Å²) in [6.45, 7) is 6.09. The Hall–Kier alpha value is -4.26. The molecule has 0 saturated carbocycles. The lowest BCUT2D eigenvalue weighted by Gasteiger charge is -2.08. The van der Waals surface area contributed by atoms with Gasteiger partial charge in [0.2, 0.25) is 0 Å². The van der Waals surface area contributed by atoms with Crippen molar-refractivity contribution in [2.24, 2.45) is 0 Å². The van der Waals surface area contributed by atoms with Gasteiger partial charge in [0.25, 0.3) is 5.91 Å². The summed E-state index contributed by atoms with van der Waals surface area (Å²) in [6.07, 6.45) is 0. The summed E-state index contributed by atoms with van der Waals surface area (Å²) in [5.74, 6) is 0.821. The fraction of sp³-hybridized carbons (Fsp3) is 0.154. The Morgan fingerprint density at radius 2 is 1.76 bits per heavy atom. The van der Waals surface area contributed by atoms with Gasteiger partial charge in [-0.3, -0.25) is 4.79 Å². The van der Waals surface area contributed by atoms with Gasteiger partial charge in [-0.2, -0.15) is 0 Å². The summed E-state index contributed by atoms with van der Waals surface area (Å²) >= 11 is 0. The number of hydrogen-bond acceptors (Lipinski definition) is 5. The molecule has 0 bridgehead atoms. The number of carbonyl (C=O) groups is 1. The maximum atomic E-state index is 12.9. The molecule has 0 saturated heterocycles. The summed E-state index contributed by atoms with van der Waals surface area (Å²) in [5.41, 5.74) is 5.31. The van der Waals surface area contributed by atoms with Crippen molar-refractivity contribution in [3.05, 3.63) is 89.7 Å². The Labute approximate surface area is 191 Å². The van der Waals surface area contributed by atoms with E-state index in [1.807, 2.05) is 79.7 Å². The molecule has 5 rings (SSSR count). The van der Waals surface area contributed by atoms with E-state index in [0.29, 0.717) is 17.4 Å². The lowest BCUT2D eigenvalue weighted by Crippen LogP contribution is -2.14. The molecule has 0 aliphatic rings. The second kappa shape index (κ2) is 8.35. The van der Waals surface area contributed by atoms with E-state index in [2.05, 4.69) is 34.6 Å². The van der Waals surface area contributed by atoms with Gasteiger partial charge in [0.15, 0.2) is 11.5 Å². The smallest absolute Gasteiger partial charge is 0.278 e. The SMILES string of the molecule is Cc1c(C(=O)Nc2ccc(C(C)C)cc2)nnn1-c1ccc2noc(-c3ccccc3)c2c1. The van der Waals surface area contributed by atoms with Gasteiger partial charge in [0.1, 0.15) is 5.52 Å². The number of rotatable bonds is 5. The molecule has 2 aromatic heterocycles. The highest BCUT2D eigenvalue weighted by Crippen LogP contribution is 2.30. The van der Waals surface area contributed by atoms with Crippen LogP contribution in [0.4, 0.5) is 5.69 Å². The van der Waals surface area contributed by atoms with Crippen LogP contribution in [-0.4, -0.2) is 26.1 Å². The molecule has 1 amide bonds. The fourth-order valence-electron chi connectivity index (χ4n) is 3.78. The van der Waals surface area contributed by atoms with Crippen LogP contribution >= 0.6 is 0 Å². The first-order valence-corrected chi connectivity index (χ1v) is 10.8. The van der Waals surface area contributed by atoms with Gasteiger partial charge in [-0.1, -0.05) is 66.7 Å². The van der Waals surface area contributed by atoms with Crippen LogP contribution in [0.2, 0.25) is 0 Å². The van der Waals surface area contributed by atoms with Crippen LogP contribution in [0.3, 0.4) is 0 Å². The molecule has 33 heavy (non-hydrogen) atoms. The van der Waals surface area contributed by atoms with Gasteiger partial charge in [-0.05, 0) is 48.7 Å². The number of anilines is 1. The number of carbonyl (C=O) groups excluding carboxylic acids is 1. The van der Waals surface area contributed by atoms with Crippen molar-refractivity contribution < 1.29 is 9.32 Å². The maximum Gasteiger partial charge on any atom is 0.278 e. The standard InChI is InChI=1S/C26H23N5O2/c1-16(2)18-9-11-20(12-10-18)27-26(32)24-17(3)31(30-28-24)21-13-14-23-22(15-21)25(33-29-23)19-7-5-4-6-8-19/h4-16H,1-3H3,(H,27,32). The number of nitrogens with zero attached hydrogens (tertiary/aromatic N) is 4. The second-order valence-electron chi connectivity index (χ2n) is 8.25. The Morgan fingerprint density at radius 1 is 1.00 bits per heavy atom. The number of fused-ring (bicyclic) bond motifs is 1. The van der Waals surface area contributed by atoms with Crippen LogP contribution in [0.5, 0.6) is 0 Å². The summed E-state index contributed by atoms with van der Waals surface area (Å²) < 4.78 is 7.25. The molecule has 2 heterocycles. The highest BCUT2D eigenvalue weighted by Gasteiger charge is 2.19. The summed E-state index contributed by atoms with van der Waals surface area (Å²) in [5, 5.41) is 16.3. The van der Waals surface area contributed by atoms with E-state index in [1.165, 1.54) is 5.56 Å². The Morgan fingerprint density at radius 3 is 2.48 bits per heavy atom. The normalized spacial score (nSPS) is 11.3. The Bertz CT molecular complexity index is 1430. The minimum absolute atomic E-state index is 0.275. The zero-order valence-electron chi connectivity index (χ0n) is 18.6. The molecule has 0 fully saturated rings. The predicted molar refractivity (Wildman–Crippen MR) is 128 cm³/mol. The number of benzene rings is 3. The summed E-state index contributed by atoms with van der Waals surface area (Å²) in [6, 6.07) is 23.4. The fourth-order valence-corrected chi connectivity index (χ4v) is 3.78. The third-order valence-electron chi connectivity index (χ3n) is 5.69. The molecule has 0 atom stereocenters. The highest BCUT2D eigenvalue weighted by atomic mass is 16.5. The van der Waals surface area contributed by atoms with E-state index < -0.39 is 0 Å². The van der Waals surface area contributed by atoms with Crippen molar-refractivity contribution in [2.45, 2.75) is 26.7 Å².